The number of halogens is 1. The van der Waals surface area contributed by atoms with Crippen molar-refractivity contribution in [1.82, 2.24) is 9.38 Å². The Labute approximate surface area is 192 Å². The van der Waals surface area contributed by atoms with Gasteiger partial charge in [-0.1, -0.05) is 35.1 Å². The molecule has 1 saturated heterocycles. The lowest BCUT2D eigenvalue weighted by molar-refractivity contribution is 0.122. The predicted octanol–water partition coefficient (Wildman–Crippen LogP) is 3.17. The second-order valence-electron chi connectivity index (χ2n) is 7.40. The summed E-state index contributed by atoms with van der Waals surface area (Å²) in [7, 11) is 1.45. The van der Waals surface area contributed by atoms with E-state index in [2.05, 4.69) is 22.0 Å². The van der Waals surface area contributed by atoms with Gasteiger partial charge in [-0.3, -0.25) is 9.20 Å². The van der Waals surface area contributed by atoms with Crippen molar-refractivity contribution in [2.75, 3.05) is 38.3 Å². The molecule has 9 heteroatoms. The molecular formula is C23H20ClN3O4S. The Morgan fingerprint density at radius 1 is 1.25 bits per heavy atom. The Hall–Kier alpha value is -3.07. The molecule has 1 aliphatic heterocycles. The van der Waals surface area contributed by atoms with Crippen LogP contribution in [0.25, 0.3) is 22.3 Å². The third-order valence-electron chi connectivity index (χ3n) is 5.39. The first-order valence-corrected chi connectivity index (χ1v) is 11.3. The fourth-order valence-corrected chi connectivity index (χ4v) is 4.91. The van der Waals surface area contributed by atoms with Gasteiger partial charge in [0.05, 0.1) is 35.6 Å². The molecule has 32 heavy (non-hydrogen) atoms. The van der Waals surface area contributed by atoms with E-state index in [0.29, 0.717) is 15.1 Å². The normalized spacial score (nSPS) is 14.9. The number of morpholine rings is 1. The SMILES string of the molecule is COc1cc(C=c2sc3nc(-c4cccc(N5CCOCC5)c4)cn3c2=O)cc(Cl)c1O. The zero-order chi connectivity index (χ0) is 22.2. The lowest BCUT2D eigenvalue weighted by atomic mass is 10.1. The van der Waals surface area contributed by atoms with Gasteiger partial charge in [-0.05, 0) is 35.9 Å². The van der Waals surface area contributed by atoms with Crippen LogP contribution in [0, 0.1) is 0 Å². The maximum absolute atomic E-state index is 13.0. The number of hydrogen-bond acceptors (Lipinski definition) is 7. The highest BCUT2D eigenvalue weighted by Gasteiger charge is 2.15. The Bertz CT molecular complexity index is 1410. The molecule has 0 aliphatic carbocycles. The van der Waals surface area contributed by atoms with Gasteiger partial charge >= 0.3 is 0 Å². The Balaban J connectivity index is 1.51. The van der Waals surface area contributed by atoms with E-state index in [4.69, 9.17) is 21.1 Å². The summed E-state index contributed by atoms with van der Waals surface area (Å²) in [5.74, 6) is 0.124. The number of hydrogen-bond donors (Lipinski definition) is 1. The van der Waals surface area contributed by atoms with Crippen LogP contribution in [0.15, 0.2) is 47.4 Å². The summed E-state index contributed by atoms with van der Waals surface area (Å²) in [5, 5.41) is 10.1. The molecule has 0 saturated carbocycles. The third kappa shape index (κ3) is 3.81. The van der Waals surface area contributed by atoms with Gasteiger partial charge in [-0.2, -0.15) is 0 Å². The van der Waals surface area contributed by atoms with Gasteiger partial charge in [0.1, 0.15) is 0 Å². The first kappa shape index (κ1) is 20.8. The van der Waals surface area contributed by atoms with Crippen LogP contribution >= 0.6 is 22.9 Å². The van der Waals surface area contributed by atoms with Crippen LogP contribution in [0.4, 0.5) is 5.69 Å². The van der Waals surface area contributed by atoms with Crippen molar-refractivity contribution >= 4 is 39.7 Å². The molecule has 7 nitrogen and oxygen atoms in total. The number of aromatic hydroxyl groups is 1. The van der Waals surface area contributed by atoms with Crippen LogP contribution in [0.2, 0.25) is 5.02 Å². The molecular weight excluding hydrogens is 450 g/mol. The number of thiazole rings is 1. The average Bonchev–Trinajstić information content (AvgIpc) is 3.36. The summed E-state index contributed by atoms with van der Waals surface area (Å²) in [6.45, 7) is 3.16. The molecule has 0 radical (unpaired) electrons. The van der Waals surface area contributed by atoms with Gasteiger partial charge in [0, 0.05) is 30.5 Å². The van der Waals surface area contributed by atoms with Crippen LogP contribution in [0.1, 0.15) is 5.56 Å². The zero-order valence-corrected chi connectivity index (χ0v) is 18.8. The van der Waals surface area contributed by atoms with E-state index in [9.17, 15) is 9.90 Å². The number of nitrogens with zero attached hydrogens (tertiary/aromatic N) is 3. The van der Waals surface area contributed by atoms with Gasteiger partial charge in [0.2, 0.25) is 0 Å². The van der Waals surface area contributed by atoms with Crippen molar-refractivity contribution in [3.8, 4) is 22.8 Å². The lowest BCUT2D eigenvalue weighted by Crippen LogP contribution is -2.36. The molecule has 164 valence electrons. The molecule has 5 rings (SSSR count). The highest BCUT2D eigenvalue weighted by molar-refractivity contribution is 7.15. The molecule has 1 aliphatic rings. The first-order chi connectivity index (χ1) is 15.5. The van der Waals surface area contributed by atoms with Gasteiger partial charge in [-0.25, -0.2) is 4.98 Å². The van der Waals surface area contributed by atoms with E-state index in [1.165, 1.54) is 18.4 Å². The molecule has 1 N–H and O–H groups in total. The minimum Gasteiger partial charge on any atom is -0.503 e. The van der Waals surface area contributed by atoms with Crippen LogP contribution in [-0.4, -0.2) is 47.9 Å². The smallest absolute Gasteiger partial charge is 0.274 e. The van der Waals surface area contributed by atoms with Crippen LogP contribution in [0.3, 0.4) is 0 Å². The molecule has 3 heterocycles. The number of benzene rings is 2. The fraction of sp³-hybridized carbons (Fsp3) is 0.217. The molecule has 2 aromatic heterocycles. The lowest BCUT2D eigenvalue weighted by Gasteiger charge is -2.29. The Morgan fingerprint density at radius 2 is 2.06 bits per heavy atom. The largest absolute Gasteiger partial charge is 0.503 e. The van der Waals surface area contributed by atoms with Gasteiger partial charge < -0.3 is 19.5 Å². The standard InChI is InChI=1S/C23H20ClN3O4S/c1-30-19-10-14(9-17(24)21(19)28)11-20-22(29)27-13-18(25-23(27)32-20)15-3-2-4-16(12-15)26-5-7-31-8-6-26/h2-4,9-13,28H,5-8H2,1H3. The highest BCUT2D eigenvalue weighted by Crippen LogP contribution is 2.35. The van der Waals surface area contributed by atoms with Crippen LogP contribution in [0.5, 0.6) is 11.5 Å². The molecule has 0 amide bonds. The molecule has 0 spiro atoms. The van der Waals surface area contributed by atoms with E-state index in [-0.39, 0.29) is 22.1 Å². The van der Waals surface area contributed by atoms with Crippen molar-refractivity contribution in [2.24, 2.45) is 0 Å². The summed E-state index contributed by atoms with van der Waals surface area (Å²) in [5.41, 5.74) is 3.34. The number of phenolic OH excluding ortho intramolecular Hbond substituents is 1. The van der Waals surface area contributed by atoms with Crippen molar-refractivity contribution in [3.05, 3.63) is 68.1 Å². The molecule has 1 fully saturated rings. The maximum Gasteiger partial charge on any atom is 0.274 e. The second-order valence-corrected chi connectivity index (χ2v) is 8.81. The summed E-state index contributed by atoms with van der Waals surface area (Å²) in [6.07, 6.45) is 3.49. The summed E-state index contributed by atoms with van der Waals surface area (Å²) in [4.78, 5) is 20.6. The Kier molecular flexibility index (Phi) is 5.50. The number of aromatic nitrogens is 2. The number of rotatable bonds is 4. The van der Waals surface area contributed by atoms with Crippen LogP contribution in [-0.2, 0) is 4.74 Å². The monoisotopic (exact) mass is 469 g/mol. The number of imidazole rings is 1. The molecule has 4 aromatic rings. The molecule has 0 bridgehead atoms. The van der Waals surface area contributed by atoms with E-state index in [1.807, 2.05) is 12.1 Å². The van der Waals surface area contributed by atoms with E-state index < -0.39 is 0 Å². The average molecular weight is 470 g/mol. The first-order valence-electron chi connectivity index (χ1n) is 10.1. The van der Waals surface area contributed by atoms with Crippen molar-refractivity contribution in [3.63, 3.8) is 0 Å². The quantitative estimate of drug-likeness (QED) is 0.494. The number of methoxy groups -OCH3 is 1. The van der Waals surface area contributed by atoms with Crippen molar-refractivity contribution < 1.29 is 14.6 Å². The second kappa shape index (κ2) is 8.46. The van der Waals surface area contributed by atoms with E-state index in [1.54, 1.807) is 28.8 Å². The molecule has 0 unspecified atom stereocenters. The molecule has 0 atom stereocenters. The van der Waals surface area contributed by atoms with Crippen molar-refractivity contribution in [1.29, 1.82) is 0 Å². The van der Waals surface area contributed by atoms with Gasteiger partial charge in [-0.15, -0.1) is 0 Å². The van der Waals surface area contributed by atoms with Crippen LogP contribution < -0.4 is 19.7 Å². The summed E-state index contributed by atoms with van der Waals surface area (Å²) in [6, 6.07) is 11.4. The Morgan fingerprint density at radius 3 is 2.81 bits per heavy atom. The number of ether oxygens (including phenoxy) is 2. The summed E-state index contributed by atoms with van der Waals surface area (Å²) >= 11 is 7.37. The molecule has 2 aromatic carbocycles. The minimum absolute atomic E-state index is 0.126. The fourth-order valence-electron chi connectivity index (χ4n) is 3.74. The van der Waals surface area contributed by atoms with E-state index in [0.717, 1.165) is 43.2 Å². The number of phenols is 1. The van der Waals surface area contributed by atoms with Crippen molar-refractivity contribution in [2.45, 2.75) is 0 Å². The zero-order valence-electron chi connectivity index (χ0n) is 17.2. The minimum atomic E-state index is -0.156. The maximum atomic E-state index is 13.0. The van der Waals surface area contributed by atoms with E-state index >= 15 is 0 Å². The topological polar surface area (TPSA) is 76.3 Å². The third-order valence-corrected chi connectivity index (χ3v) is 6.66. The number of fused-ring (bicyclic) bond motifs is 1. The van der Waals surface area contributed by atoms with Gasteiger partial charge in [0.25, 0.3) is 5.56 Å². The highest BCUT2D eigenvalue weighted by atomic mass is 35.5. The number of anilines is 1. The predicted molar refractivity (Wildman–Crippen MR) is 126 cm³/mol. The summed E-state index contributed by atoms with van der Waals surface area (Å²) < 4.78 is 12.7. The van der Waals surface area contributed by atoms with Gasteiger partial charge in [0.15, 0.2) is 16.5 Å².